The first-order valence-corrected chi connectivity index (χ1v) is 11.1. The first-order valence-electron chi connectivity index (χ1n) is 7.61. The average molecular weight is 463 g/mol. The molecule has 1 fully saturated rings. The van der Waals surface area contributed by atoms with Gasteiger partial charge in [-0.1, -0.05) is 0 Å². The van der Waals surface area contributed by atoms with Crippen molar-refractivity contribution in [2.75, 3.05) is 18.2 Å². The number of aliphatic hydroxyl groups is 2. The van der Waals surface area contributed by atoms with E-state index in [0.717, 1.165) is 10.9 Å². The first kappa shape index (κ1) is 24.6. The predicted molar refractivity (Wildman–Crippen MR) is 89.0 cm³/mol. The summed E-state index contributed by atoms with van der Waals surface area (Å²) in [6.45, 7) is -0.773. The first-order chi connectivity index (χ1) is 12.9. The zero-order valence-electron chi connectivity index (χ0n) is 14.9. The number of fused-ring (bicyclic) bond motifs is 1. The molecule has 0 radical (unpaired) electrons. The maximum absolute atomic E-state index is 11.8. The van der Waals surface area contributed by atoms with Crippen molar-refractivity contribution in [3.63, 3.8) is 0 Å². The molecule has 0 amide bonds. The average Bonchev–Trinajstić information content (AvgIpc) is 3.06. The van der Waals surface area contributed by atoms with Crippen molar-refractivity contribution in [2.45, 2.75) is 24.5 Å². The molecule has 0 spiro atoms. The van der Waals surface area contributed by atoms with Gasteiger partial charge in [0.05, 0.1) is 12.9 Å². The van der Waals surface area contributed by atoms with Gasteiger partial charge >= 0.3 is 37.2 Å². The normalized spacial score (nSPS) is 28.6. The van der Waals surface area contributed by atoms with E-state index in [1.54, 1.807) is 0 Å². The molecule has 1 aliphatic heterocycles. The van der Waals surface area contributed by atoms with Crippen LogP contribution in [-0.4, -0.2) is 70.3 Å². The molecule has 18 heteroatoms. The van der Waals surface area contributed by atoms with Gasteiger partial charge in [-0.25, -0.2) is 4.98 Å². The van der Waals surface area contributed by atoms with E-state index < -0.39 is 57.8 Å². The SMILES string of the molecule is Nc1nc2c(ncn2[C@@H]2O[C@H](COP(=O)(O)CP(=O)([O-])O)[C@@H](O)[C@H]2O)c(=O)[nH]1.[Na+]. The number of nitrogens with one attached hydrogen (secondary N) is 1. The molecular weight excluding hydrogens is 447 g/mol. The second-order valence-electron chi connectivity index (χ2n) is 6.03. The quantitative estimate of drug-likeness (QED) is 0.173. The zero-order valence-corrected chi connectivity index (χ0v) is 18.6. The second-order valence-corrected chi connectivity index (χ2v) is 9.97. The molecule has 6 atom stereocenters. The molecule has 0 saturated carbocycles. The van der Waals surface area contributed by atoms with Crippen LogP contribution in [-0.2, 0) is 18.4 Å². The van der Waals surface area contributed by atoms with Crippen molar-refractivity contribution >= 4 is 32.3 Å². The number of anilines is 1. The Morgan fingerprint density at radius 2 is 2.00 bits per heavy atom. The molecule has 2 aromatic rings. The second kappa shape index (κ2) is 8.83. The number of imidazole rings is 1. The summed E-state index contributed by atoms with van der Waals surface area (Å²) in [6.07, 6.45) is -4.71. The summed E-state index contributed by atoms with van der Waals surface area (Å²) in [5.74, 6) is -1.74. The Morgan fingerprint density at radius 1 is 1.34 bits per heavy atom. The van der Waals surface area contributed by atoms with Crippen molar-refractivity contribution in [2.24, 2.45) is 0 Å². The van der Waals surface area contributed by atoms with Crippen LogP contribution in [0.1, 0.15) is 6.23 Å². The van der Waals surface area contributed by atoms with Crippen LogP contribution in [0.2, 0.25) is 0 Å². The smallest absolute Gasteiger partial charge is 0.778 e. The summed E-state index contributed by atoms with van der Waals surface area (Å²) in [4.78, 5) is 50.6. The Bertz CT molecular complexity index is 1040. The van der Waals surface area contributed by atoms with E-state index in [1.807, 2.05) is 0 Å². The van der Waals surface area contributed by atoms with Gasteiger partial charge in [0.2, 0.25) is 5.95 Å². The van der Waals surface area contributed by atoms with Crippen molar-refractivity contribution < 1.29 is 72.8 Å². The Kier molecular flexibility index (Phi) is 7.49. The molecule has 29 heavy (non-hydrogen) atoms. The fourth-order valence-electron chi connectivity index (χ4n) is 2.68. The number of rotatable bonds is 6. The van der Waals surface area contributed by atoms with Gasteiger partial charge in [0, 0.05) is 0 Å². The van der Waals surface area contributed by atoms with E-state index in [4.69, 9.17) is 15.4 Å². The molecule has 7 N–H and O–H groups in total. The molecule has 0 aromatic carbocycles. The number of nitrogens with zero attached hydrogens (tertiary/aromatic N) is 3. The molecule has 3 heterocycles. The number of hydrogen-bond acceptors (Lipinski definition) is 11. The minimum atomic E-state index is -5.07. The molecule has 0 aliphatic carbocycles. The van der Waals surface area contributed by atoms with Crippen molar-refractivity contribution in [3.8, 4) is 0 Å². The molecular formula is C11H16N5NaO10P2. The zero-order chi connectivity index (χ0) is 20.9. The largest absolute Gasteiger partial charge is 1.00 e. The van der Waals surface area contributed by atoms with Gasteiger partial charge in [-0.15, -0.1) is 0 Å². The number of aromatic amines is 1. The minimum absolute atomic E-state index is 0. The van der Waals surface area contributed by atoms with Crippen LogP contribution in [0.25, 0.3) is 11.2 Å². The van der Waals surface area contributed by atoms with Gasteiger partial charge in [-0.2, -0.15) is 4.98 Å². The maximum atomic E-state index is 11.8. The topological polar surface area (TPSA) is 246 Å². The molecule has 3 rings (SSSR count). The molecule has 0 bridgehead atoms. The van der Waals surface area contributed by atoms with Gasteiger partial charge in [0.15, 0.2) is 17.4 Å². The van der Waals surface area contributed by atoms with Crippen molar-refractivity contribution in [3.05, 3.63) is 16.7 Å². The number of ether oxygens (including phenoxy) is 1. The van der Waals surface area contributed by atoms with E-state index in [9.17, 15) is 33.9 Å². The van der Waals surface area contributed by atoms with Crippen LogP contribution in [0.15, 0.2) is 11.1 Å². The molecule has 1 saturated heterocycles. The number of aromatic nitrogens is 4. The fraction of sp³-hybridized carbons (Fsp3) is 0.545. The summed E-state index contributed by atoms with van der Waals surface area (Å²) >= 11 is 0. The summed E-state index contributed by atoms with van der Waals surface area (Å²) in [5.41, 5.74) is 4.70. The van der Waals surface area contributed by atoms with E-state index in [1.165, 1.54) is 0 Å². The van der Waals surface area contributed by atoms with Gasteiger partial charge < -0.3 is 44.5 Å². The number of hydrogen-bond donors (Lipinski definition) is 6. The third-order valence-electron chi connectivity index (χ3n) is 3.86. The number of H-pyrrole nitrogens is 1. The van der Waals surface area contributed by atoms with E-state index in [0.29, 0.717) is 0 Å². The van der Waals surface area contributed by atoms with Gasteiger partial charge in [-0.3, -0.25) is 18.9 Å². The van der Waals surface area contributed by atoms with Crippen LogP contribution in [0.5, 0.6) is 0 Å². The molecule has 15 nitrogen and oxygen atoms in total. The Labute approximate surface area is 183 Å². The summed E-state index contributed by atoms with van der Waals surface area (Å²) in [6, 6.07) is 0. The van der Waals surface area contributed by atoms with Crippen LogP contribution in [0.4, 0.5) is 5.95 Å². The van der Waals surface area contributed by atoms with E-state index in [2.05, 4.69) is 19.5 Å². The van der Waals surface area contributed by atoms with Crippen molar-refractivity contribution in [1.29, 1.82) is 0 Å². The Balaban J connectivity index is 0.00000300. The van der Waals surface area contributed by atoms with Crippen LogP contribution in [0.3, 0.4) is 0 Å². The maximum Gasteiger partial charge on any atom is 1.00 e. The molecule has 1 aliphatic rings. The van der Waals surface area contributed by atoms with E-state index in [-0.39, 0.29) is 46.7 Å². The number of aliphatic hydroxyl groups excluding tert-OH is 2. The van der Waals surface area contributed by atoms with Crippen LogP contribution < -0.4 is 45.7 Å². The third kappa shape index (κ3) is 5.53. The predicted octanol–water partition coefficient (Wildman–Crippen LogP) is -5.97. The van der Waals surface area contributed by atoms with Gasteiger partial charge in [-0.05, 0) is 0 Å². The number of nitrogen functional groups attached to an aromatic ring is 1. The van der Waals surface area contributed by atoms with Crippen molar-refractivity contribution in [1.82, 2.24) is 19.5 Å². The third-order valence-corrected chi connectivity index (χ3v) is 7.27. The number of nitrogens with two attached hydrogens (primary N) is 1. The molecule has 2 aromatic heterocycles. The Morgan fingerprint density at radius 3 is 2.62 bits per heavy atom. The monoisotopic (exact) mass is 463 g/mol. The van der Waals surface area contributed by atoms with Crippen LogP contribution >= 0.6 is 15.2 Å². The molecule has 156 valence electrons. The minimum Gasteiger partial charge on any atom is -0.778 e. The Hall–Kier alpha value is -0.670. The standard InChI is InChI=1S/C11H17N5O10P2.Na/c12-11-14-8-5(9(19)15-11)13-2-16(8)10-7(18)6(17)4(26-10)1-25-28(23,24)3-27(20,21)22;/h2,4,6-7,10,17-18H,1,3H2,(H,23,24)(H2,20,21,22)(H3,12,14,15,19);/q;+1/p-1/t4-,6-,7-,10-;/m1./s1. The summed E-state index contributed by atoms with van der Waals surface area (Å²) in [7, 11) is -9.81. The van der Waals surface area contributed by atoms with Gasteiger partial charge in [0.25, 0.3) is 5.56 Å². The van der Waals surface area contributed by atoms with Gasteiger partial charge in [0.1, 0.15) is 31.8 Å². The van der Waals surface area contributed by atoms with E-state index >= 15 is 0 Å². The summed E-state index contributed by atoms with van der Waals surface area (Å²) in [5, 5.41) is 20.3. The van der Waals surface area contributed by atoms with Crippen LogP contribution in [0, 0.1) is 0 Å². The summed E-state index contributed by atoms with van der Waals surface area (Å²) < 4.78 is 33.5. The fourth-order valence-corrected chi connectivity index (χ4v) is 5.20. The molecule has 2 unspecified atom stereocenters.